The lowest BCUT2D eigenvalue weighted by molar-refractivity contribution is -0.385. The molecule has 2 N–H and O–H groups in total. The third-order valence-corrected chi connectivity index (χ3v) is 5.53. The SMILES string of the molecule is Cc1ccc2cccc(Oc3ncnc(NC4CC(C)(C)NC(C)(C)C4)c3[N+](=O)[O-])c2n1. The number of hydrogen-bond acceptors (Lipinski definition) is 8. The second-order valence-corrected chi connectivity index (χ2v) is 9.66. The first-order valence-electron chi connectivity index (χ1n) is 10.6. The number of benzene rings is 1. The van der Waals surface area contributed by atoms with E-state index in [9.17, 15) is 10.1 Å². The van der Waals surface area contributed by atoms with E-state index in [0.29, 0.717) is 11.3 Å². The van der Waals surface area contributed by atoms with Crippen molar-refractivity contribution in [3.63, 3.8) is 0 Å². The van der Waals surface area contributed by atoms with E-state index in [1.807, 2.05) is 31.2 Å². The molecule has 9 heteroatoms. The predicted molar refractivity (Wildman–Crippen MR) is 123 cm³/mol. The molecule has 1 aliphatic rings. The highest BCUT2D eigenvalue weighted by atomic mass is 16.6. The van der Waals surface area contributed by atoms with Gasteiger partial charge in [-0.15, -0.1) is 0 Å². The Morgan fingerprint density at radius 2 is 1.84 bits per heavy atom. The Balaban J connectivity index is 1.69. The topological polar surface area (TPSA) is 115 Å². The summed E-state index contributed by atoms with van der Waals surface area (Å²) in [5.74, 6) is 0.446. The van der Waals surface area contributed by atoms with Crippen molar-refractivity contribution < 1.29 is 9.66 Å². The van der Waals surface area contributed by atoms with Gasteiger partial charge in [-0.2, -0.15) is 4.98 Å². The Morgan fingerprint density at radius 1 is 1.12 bits per heavy atom. The third kappa shape index (κ3) is 4.62. The van der Waals surface area contributed by atoms with Gasteiger partial charge < -0.3 is 15.4 Å². The van der Waals surface area contributed by atoms with Crippen LogP contribution in [-0.2, 0) is 0 Å². The van der Waals surface area contributed by atoms with Crippen LogP contribution in [0.15, 0.2) is 36.7 Å². The number of piperidine rings is 1. The number of hydrogen-bond donors (Lipinski definition) is 2. The molecule has 0 saturated carbocycles. The van der Waals surface area contributed by atoms with E-state index in [1.165, 1.54) is 6.33 Å². The van der Waals surface area contributed by atoms with Gasteiger partial charge in [-0.05, 0) is 59.6 Å². The van der Waals surface area contributed by atoms with Crippen molar-refractivity contribution in [2.24, 2.45) is 0 Å². The molecular formula is C23H28N6O3. The monoisotopic (exact) mass is 436 g/mol. The van der Waals surface area contributed by atoms with Crippen LogP contribution in [0.25, 0.3) is 10.9 Å². The van der Waals surface area contributed by atoms with Gasteiger partial charge in [-0.1, -0.05) is 18.2 Å². The molecule has 1 fully saturated rings. The normalized spacial score (nSPS) is 17.8. The zero-order valence-electron chi connectivity index (χ0n) is 19.0. The fourth-order valence-corrected chi connectivity index (χ4v) is 4.73. The molecule has 1 aliphatic heterocycles. The molecule has 4 rings (SSSR count). The number of aryl methyl sites for hydroxylation is 1. The number of nitrogens with one attached hydrogen (secondary N) is 2. The molecule has 3 heterocycles. The molecule has 9 nitrogen and oxygen atoms in total. The van der Waals surface area contributed by atoms with Crippen molar-refractivity contribution in [3.8, 4) is 11.6 Å². The van der Waals surface area contributed by atoms with Crippen LogP contribution in [0.5, 0.6) is 11.6 Å². The number of ether oxygens (including phenoxy) is 1. The van der Waals surface area contributed by atoms with E-state index in [0.717, 1.165) is 23.9 Å². The zero-order chi connectivity index (χ0) is 23.1. The van der Waals surface area contributed by atoms with Gasteiger partial charge in [0.15, 0.2) is 5.75 Å². The van der Waals surface area contributed by atoms with Crippen LogP contribution in [0.2, 0.25) is 0 Å². The molecule has 32 heavy (non-hydrogen) atoms. The molecule has 1 saturated heterocycles. The van der Waals surface area contributed by atoms with E-state index in [2.05, 4.69) is 53.3 Å². The molecule has 2 aromatic heterocycles. The quantitative estimate of drug-likeness (QED) is 0.435. The minimum absolute atomic E-state index is 0.00423. The Kier molecular flexibility index (Phi) is 5.46. The van der Waals surface area contributed by atoms with E-state index < -0.39 is 4.92 Å². The number of nitro groups is 1. The number of nitrogens with zero attached hydrogens (tertiary/aromatic N) is 4. The Labute approximate surface area is 186 Å². The molecule has 0 aliphatic carbocycles. The largest absolute Gasteiger partial charge is 0.431 e. The predicted octanol–water partition coefficient (Wildman–Crippen LogP) is 4.75. The summed E-state index contributed by atoms with van der Waals surface area (Å²) in [6, 6.07) is 9.31. The number of para-hydroxylation sites is 1. The molecule has 168 valence electrons. The molecule has 1 aromatic carbocycles. The molecule has 0 spiro atoms. The summed E-state index contributed by atoms with van der Waals surface area (Å²) in [5, 5.41) is 19.8. The molecule has 0 amide bonds. The highest BCUT2D eigenvalue weighted by molar-refractivity contribution is 5.85. The van der Waals surface area contributed by atoms with Gasteiger partial charge >= 0.3 is 11.6 Å². The fourth-order valence-electron chi connectivity index (χ4n) is 4.73. The second kappa shape index (κ2) is 7.98. The average Bonchev–Trinajstić information content (AvgIpc) is 2.66. The van der Waals surface area contributed by atoms with Crippen LogP contribution >= 0.6 is 0 Å². The van der Waals surface area contributed by atoms with E-state index >= 15 is 0 Å². The van der Waals surface area contributed by atoms with Gasteiger partial charge in [0.1, 0.15) is 11.8 Å². The summed E-state index contributed by atoms with van der Waals surface area (Å²) >= 11 is 0. The van der Waals surface area contributed by atoms with Crippen molar-refractivity contribution in [2.45, 2.75) is 64.6 Å². The lowest BCUT2D eigenvalue weighted by Gasteiger charge is -2.46. The fraction of sp³-hybridized carbons (Fsp3) is 0.435. The first kappa shape index (κ1) is 21.9. The Morgan fingerprint density at radius 3 is 2.53 bits per heavy atom. The van der Waals surface area contributed by atoms with E-state index in [4.69, 9.17) is 4.74 Å². The molecule has 0 atom stereocenters. The highest BCUT2D eigenvalue weighted by Gasteiger charge is 2.39. The first-order chi connectivity index (χ1) is 15.0. The van der Waals surface area contributed by atoms with Crippen LogP contribution in [-0.4, -0.2) is 37.0 Å². The summed E-state index contributed by atoms with van der Waals surface area (Å²) in [5.41, 5.74) is 0.924. The molecular weight excluding hydrogens is 408 g/mol. The van der Waals surface area contributed by atoms with Gasteiger partial charge in [0.25, 0.3) is 0 Å². The summed E-state index contributed by atoms with van der Waals surface area (Å²) in [6.07, 6.45) is 2.87. The highest BCUT2D eigenvalue weighted by Crippen LogP contribution is 2.38. The van der Waals surface area contributed by atoms with Crippen LogP contribution in [0.1, 0.15) is 46.2 Å². The van der Waals surface area contributed by atoms with Crippen molar-refractivity contribution >= 4 is 22.4 Å². The smallest absolute Gasteiger partial charge is 0.373 e. The summed E-state index contributed by atoms with van der Waals surface area (Å²) < 4.78 is 5.94. The maximum atomic E-state index is 12.0. The van der Waals surface area contributed by atoms with Crippen LogP contribution in [0, 0.1) is 17.0 Å². The van der Waals surface area contributed by atoms with Crippen molar-refractivity contribution in [1.82, 2.24) is 20.3 Å². The van der Waals surface area contributed by atoms with Gasteiger partial charge in [0, 0.05) is 28.2 Å². The van der Waals surface area contributed by atoms with Crippen molar-refractivity contribution in [1.29, 1.82) is 0 Å². The summed E-state index contributed by atoms with van der Waals surface area (Å²) in [6.45, 7) is 10.4. The average molecular weight is 437 g/mol. The summed E-state index contributed by atoms with van der Waals surface area (Å²) in [4.78, 5) is 24.3. The maximum Gasteiger partial charge on any atom is 0.373 e. The van der Waals surface area contributed by atoms with E-state index in [1.54, 1.807) is 6.07 Å². The van der Waals surface area contributed by atoms with Crippen molar-refractivity contribution in [3.05, 3.63) is 52.5 Å². The zero-order valence-corrected chi connectivity index (χ0v) is 19.0. The summed E-state index contributed by atoms with van der Waals surface area (Å²) in [7, 11) is 0. The van der Waals surface area contributed by atoms with Crippen LogP contribution in [0.4, 0.5) is 11.5 Å². The Bertz CT molecular complexity index is 1160. The number of anilines is 1. The second-order valence-electron chi connectivity index (χ2n) is 9.66. The minimum atomic E-state index is -0.501. The van der Waals surface area contributed by atoms with Gasteiger partial charge in [0.2, 0.25) is 5.82 Å². The van der Waals surface area contributed by atoms with Crippen molar-refractivity contribution in [2.75, 3.05) is 5.32 Å². The molecule has 0 bridgehead atoms. The lowest BCUT2D eigenvalue weighted by Crippen LogP contribution is -2.60. The van der Waals surface area contributed by atoms with Crippen LogP contribution < -0.4 is 15.4 Å². The molecule has 0 radical (unpaired) electrons. The van der Waals surface area contributed by atoms with Gasteiger partial charge in [0.05, 0.1) is 4.92 Å². The first-order valence-corrected chi connectivity index (χ1v) is 10.6. The third-order valence-electron chi connectivity index (χ3n) is 5.53. The minimum Gasteiger partial charge on any atom is -0.431 e. The number of rotatable bonds is 5. The molecule has 0 unspecified atom stereocenters. The number of fused-ring (bicyclic) bond motifs is 1. The van der Waals surface area contributed by atoms with E-state index in [-0.39, 0.29) is 34.5 Å². The standard InChI is InChI=1S/C23H28N6O3/c1-14-9-10-15-7-6-8-17(18(15)26-14)32-21-19(29(30)31)20(24-13-25-21)27-16-11-22(2,3)28-23(4,5)12-16/h6-10,13,16,28H,11-12H2,1-5H3,(H,24,25,27). The number of aromatic nitrogens is 3. The lowest BCUT2D eigenvalue weighted by atomic mass is 9.79. The van der Waals surface area contributed by atoms with Crippen LogP contribution in [0.3, 0.4) is 0 Å². The van der Waals surface area contributed by atoms with Gasteiger partial charge in [-0.25, -0.2) is 9.97 Å². The van der Waals surface area contributed by atoms with Gasteiger partial charge in [-0.3, -0.25) is 10.1 Å². The maximum absolute atomic E-state index is 12.0. The number of pyridine rings is 1. The molecule has 3 aromatic rings. The Hall–Kier alpha value is -3.33.